The van der Waals surface area contributed by atoms with E-state index in [2.05, 4.69) is 22.3 Å². The van der Waals surface area contributed by atoms with Crippen molar-refractivity contribution in [2.75, 3.05) is 28.8 Å². The van der Waals surface area contributed by atoms with Crippen LogP contribution in [0.25, 0.3) is 0 Å². The Morgan fingerprint density at radius 2 is 1.69 bits per heavy atom. The summed E-state index contributed by atoms with van der Waals surface area (Å²) in [5, 5.41) is 3.35. The Morgan fingerprint density at radius 3 is 2.34 bits per heavy atom. The molecule has 35 heavy (non-hydrogen) atoms. The minimum Gasteiger partial charge on any atom is -0.372 e. The number of halogens is 1. The van der Waals surface area contributed by atoms with Crippen molar-refractivity contribution in [3.63, 3.8) is 0 Å². The summed E-state index contributed by atoms with van der Waals surface area (Å²) in [5.41, 5.74) is 3.21. The Kier molecular flexibility index (Phi) is 7.67. The lowest BCUT2D eigenvalue weighted by Crippen LogP contribution is -2.42. The molecule has 1 N–H and O–H groups in total. The second-order valence-electron chi connectivity index (χ2n) is 8.83. The van der Waals surface area contributed by atoms with Crippen molar-refractivity contribution >= 4 is 38.9 Å². The van der Waals surface area contributed by atoms with Gasteiger partial charge in [-0.1, -0.05) is 48.0 Å². The highest BCUT2D eigenvalue weighted by Gasteiger charge is 2.29. The van der Waals surface area contributed by atoms with Crippen LogP contribution in [0.5, 0.6) is 0 Å². The molecule has 0 aliphatic carbocycles. The van der Waals surface area contributed by atoms with Crippen molar-refractivity contribution in [2.24, 2.45) is 0 Å². The molecule has 3 aromatic carbocycles. The van der Waals surface area contributed by atoms with Gasteiger partial charge in [-0.25, -0.2) is 8.42 Å². The van der Waals surface area contributed by atoms with Gasteiger partial charge >= 0.3 is 0 Å². The first-order valence-corrected chi connectivity index (χ1v) is 13.6. The number of sulfonamides is 1. The molecule has 0 spiro atoms. The highest BCUT2D eigenvalue weighted by Crippen LogP contribution is 2.29. The number of nitrogens with zero attached hydrogens (tertiary/aromatic N) is 2. The summed E-state index contributed by atoms with van der Waals surface area (Å²) in [5.74, 6) is -0.403. The van der Waals surface area contributed by atoms with Crippen molar-refractivity contribution in [1.29, 1.82) is 0 Å². The first-order chi connectivity index (χ1) is 16.8. The number of amides is 1. The zero-order valence-electron chi connectivity index (χ0n) is 19.9. The molecule has 1 aliphatic heterocycles. The number of carbonyl (C=O) groups is 1. The zero-order valence-corrected chi connectivity index (χ0v) is 21.5. The van der Waals surface area contributed by atoms with Crippen molar-refractivity contribution < 1.29 is 13.2 Å². The van der Waals surface area contributed by atoms with Crippen LogP contribution in [0.1, 0.15) is 36.9 Å². The molecule has 6 nitrogen and oxygen atoms in total. The number of nitrogens with one attached hydrogen (secondary N) is 1. The smallest absolute Gasteiger partial charge is 0.264 e. The second-order valence-corrected chi connectivity index (χ2v) is 11.1. The van der Waals surface area contributed by atoms with E-state index in [1.54, 1.807) is 43.3 Å². The number of hydrogen-bond donors (Lipinski definition) is 1. The summed E-state index contributed by atoms with van der Waals surface area (Å²) in [6.07, 6.45) is 2.42. The normalized spacial score (nSPS) is 14.5. The average Bonchev–Trinajstić information content (AvgIpc) is 3.40. The quantitative estimate of drug-likeness (QED) is 0.444. The maximum absolute atomic E-state index is 13.5. The highest BCUT2D eigenvalue weighted by atomic mass is 35.5. The largest absolute Gasteiger partial charge is 0.372 e. The third kappa shape index (κ3) is 5.80. The Balaban J connectivity index is 1.55. The maximum atomic E-state index is 13.5. The number of carbonyl (C=O) groups excluding carboxylic acids is 1. The second kappa shape index (κ2) is 10.7. The fraction of sp³-hybridized carbons (Fsp3) is 0.296. The number of aryl methyl sites for hydroxylation is 1. The molecule has 1 saturated heterocycles. The Bertz CT molecular complexity index is 1270. The average molecular weight is 512 g/mol. The fourth-order valence-electron chi connectivity index (χ4n) is 4.32. The minimum atomic E-state index is -4.00. The van der Waals surface area contributed by atoms with Gasteiger partial charge in [-0.05, 0) is 74.2 Å². The molecule has 8 heteroatoms. The summed E-state index contributed by atoms with van der Waals surface area (Å²) in [6, 6.07) is 21.0. The van der Waals surface area contributed by atoms with Crippen LogP contribution < -0.4 is 14.5 Å². The summed E-state index contributed by atoms with van der Waals surface area (Å²) < 4.78 is 28.2. The minimum absolute atomic E-state index is 0.109. The molecular formula is C27H30ClN3O3S. The van der Waals surface area contributed by atoms with Crippen LogP contribution in [0, 0.1) is 6.92 Å². The molecule has 3 aromatic rings. The lowest BCUT2D eigenvalue weighted by molar-refractivity contribution is -0.120. The van der Waals surface area contributed by atoms with Gasteiger partial charge in [0.05, 0.1) is 16.6 Å². The molecule has 0 saturated carbocycles. The van der Waals surface area contributed by atoms with E-state index in [1.165, 1.54) is 30.7 Å². The van der Waals surface area contributed by atoms with Crippen molar-refractivity contribution in [3.8, 4) is 0 Å². The lowest BCUT2D eigenvalue weighted by Gasteiger charge is -2.26. The van der Waals surface area contributed by atoms with Crippen LogP contribution in [-0.4, -0.2) is 34.0 Å². The molecule has 1 unspecified atom stereocenters. The molecule has 1 amide bonds. The van der Waals surface area contributed by atoms with Crippen LogP contribution in [0.15, 0.2) is 77.7 Å². The van der Waals surface area contributed by atoms with Gasteiger partial charge in [0, 0.05) is 23.8 Å². The summed E-state index contributed by atoms with van der Waals surface area (Å²) in [6.45, 7) is 5.46. The van der Waals surface area contributed by atoms with Gasteiger partial charge in [0.1, 0.15) is 6.54 Å². The van der Waals surface area contributed by atoms with Crippen molar-refractivity contribution in [2.45, 2.75) is 37.6 Å². The van der Waals surface area contributed by atoms with Gasteiger partial charge in [-0.2, -0.15) is 0 Å². The Labute approximate surface area is 212 Å². The van der Waals surface area contributed by atoms with Crippen LogP contribution in [0.2, 0.25) is 5.02 Å². The van der Waals surface area contributed by atoms with Crippen molar-refractivity contribution in [1.82, 2.24) is 5.32 Å². The van der Waals surface area contributed by atoms with Gasteiger partial charge in [0.2, 0.25) is 5.91 Å². The van der Waals surface area contributed by atoms with Crippen LogP contribution in [0.4, 0.5) is 11.4 Å². The van der Waals surface area contributed by atoms with E-state index in [4.69, 9.17) is 11.6 Å². The molecule has 1 fully saturated rings. The van der Waals surface area contributed by atoms with E-state index in [-0.39, 0.29) is 17.5 Å². The first-order valence-electron chi connectivity index (χ1n) is 11.7. The SMILES string of the molecule is Cc1ccc(Cl)cc1N(CC(=O)NC(C)c1ccc(N2CCCC2)cc1)S(=O)(=O)c1ccccc1. The summed E-state index contributed by atoms with van der Waals surface area (Å²) in [4.78, 5) is 15.6. The zero-order chi connectivity index (χ0) is 25.0. The number of rotatable bonds is 8. The van der Waals surface area contributed by atoms with E-state index in [1.807, 2.05) is 19.1 Å². The molecule has 1 aliphatic rings. The molecule has 0 aromatic heterocycles. The van der Waals surface area contributed by atoms with E-state index in [0.29, 0.717) is 16.3 Å². The highest BCUT2D eigenvalue weighted by molar-refractivity contribution is 7.92. The van der Waals surface area contributed by atoms with Gasteiger partial charge in [-0.15, -0.1) is 0 Å². The summed E-state index contributed by atoms with van der Waals surface area (Å²) in [7, 11) is -4.00. The number of hydrogen-bond acceptors (Lipinski definition) is 4. The third-order valence-electron chi connectivity index (χ3n) is 6.30. The molecule has 4 rings (SSSR count). The lowest BCUT2D eigenvalue weighted by atomic mass is 10.1. The van der Waals surface area contributed by atoms with Crippen LogP contribution in [0.3, 0.4) is 0 Å². The summed E-state index contributed by atoms with van der Waals surface area (Å²) >= 11 is 6.19. The van der Waals surface area contributed by atoms with Gasteiger partial charge < -0.3 is 10.2 Å². The van der Waals surface area contributed by atoms with E-state index < -0.39 is 15.9 Å². The van der Waals surface area contributed by atoms with Gasteiger partial charge in [-0.3, -0.25) is 9.10 Å². The van der Waals surface area contributed by atoms with Gasteiger partial charge in [0.15, 0.2) is 0 Å². The van der Waals surface area contributed by atoms with Gasteiger partial charge in [0.25, 0.3) is 10.0 Å². The number of benzene rings is 3. The van der Waals surface area contributed by atoms with Crippen LogP contribution in [-0.2, 0) is 14.8 Å². The van der Waals surface area contributed by atoms with E-state index >= 15 is 0 Å². The fourth-order valence-corrected chi connectivity index (χ4v) is 5.99. The predicted octanol–water partition coefficient (Wildman–Crippen LogP) is 5.32. The Hall–Kier alpha value is -3.03. The third-order valence-corrected chi connectivity index (χ3v) is 8.31. The van der Waals surface area contributed by atoms with Crippen molar-refractivity contribution in [3.05, 3.63) is 88.9 Å². The molecule has 1 atom stereocenters. The standard InChI is InChI=1S/C27H30ClN3O3S/c1-20-10-13-23(28)18-26(20)31(35(33,34)25-8-4-3-5-9-25)19-27(32)29-21(2)22-11-14-24(15-12-22)30-16-6-7-17-30/h3-5,8-15,18,21H,6-7,16-17,19H2,1-2H3,(H,29,32). The monoisotopic (exact) mass is 511 g/mol. The molecule has 0 radical (unpaired) electrons. The van der Waals surface area contributed by atoms with E-state index in [0.717, 1.165) is 23.0 Å². The topological polar surface area (TPSA) is 69.7 Å². The first kappa shape index (κ1) is 25.1. The molecule has 1 heterocycles. The molecular weight excluding hydrogens is 482 g/mol. The number of anilines is 2. The predicted molar refractivity (Wildman–Crippen MR) is 142 cm³/mol. The van der Waals surface area contributed by atoms with Crippen LogP contribution >= 0.6 is 11.6 Å². The molecule has 184 valence electrons. The Morgan fingerprint density at radius 1 is 1.03 bits per heavy atom. The molecule has 0 bridgehead atoms. The van der Waals surface area contributed by atoms with E-state index in [9.17, 15) is 13.2 Å². The maximum Gasteiger partial charge on any atom is 0.264 e.